The summed E-state index contributed by atoms with van der Waals surface area (Å²) in [6, 6.07) is 9.13. The molecule has 1 aromatic rings. The van der Waals surface area contributed by atoms with E-state index in [4.69, 9.17) is 4.74 Å². The lowest BCUT2D eigenvalue weighted by Crippen LogP contribution is -2.31. The first-order valence-corrected chi connectivity index (χ1v) is 8.00. The summed E-state index contributed by atoms with van der Waals surface area (Å²) in [5.74, 6) is 1.46. The average molecular weight is 275 g/mol. The van der Waals surface area contributed by atoms with Gasteiger partial charge in [0.1, 0.15) is 0 Å². The van der Waals surface area contributed by atoms with Gasteiger partial charge in [0.25, 0.3) is 0 Å². The van der Waals surface area contributed by atoms with Crippen molar-refractivity contribution in [3.63, 3.8) is 0 Å². The van der Waals surface area contributed by atoms with Gasteiger partial charge >= 0.3 is 0 Å². The molecule has 112 valence electrons. The van der Waals surface area contributed by atoms with Gasteiger partial charge in [0.2, 0.25) is 0 Å². The van der Waals surface area contributed by atoms with E-state index >= 15 is 0 Å². The topological polar surface area (TPSA) is 12.5 Å². The molecule has 2 heteroatoms. The van der Waals surface area contributed by atoms with Crippen LogP contribution in [0.15, 0.2) is 24.3 Å². The Morgan fingerprint density at radius 3 is 2.40 bits per heavy atom. The number of benzene rings is 1. The summed E-state index contributed by atoms with van der Waals surface area (Å²) in [7, 11) is 2.25. The quantitative estimate of drug-likeness (QED) is 0.784. The van der Waals surface area contributed by atoms with Gasteiger partial charge in [-0.1, -0.05) is 38.1 Å². The van der Waals surface area contributed by atoms with Gasteiger partial charge in [-0.15, -0.1) is 0 Å². The molecule has 0 aliphatic carbocycles. The summed E-state index contributed by atoms with van der Waals surface area (Å²) in [6.07, 6.45) is 3.61. The molecule has 0 amide bonds. The van der Waals surface area contributed by atoms with E-state index in [0.717, 1.165) is 32.1 Å². The Hall–Kier alpha value is -0.860. The van der Waals surface area contributed by atoms with E-state index in [0.29, 0.717) is 5.92 Å². The molecule has 2 nitrogen and oxygen atoms in total. The van der Waals surface area contributed by atoms with Gasteiger partial charge in [-0.05, 0) is 49.3 Å². The maximum Gasteiger partial charge on any atom is 0.0469 e. The molecule has 2 rings (SSSR count). The Labute approximate surface area is 124 Å². The Morgan fingerprint density at radius 2 is 1.80 bits per heavy atom. The Kier molecular flexibility index (Phi) is 6.06. The minimum absolute atomic E-state index is 0.625. The standard InChI is InChI=1S/C18H29NO/c1-15(2)18-6-4-16(5-7-18)8-11-19(3)14-17-9-12-20-13-10-17/h4-7,15,17H,8-14H2,1-3H3. The molecular weight excluding hydrogens is 246 g/mol. The van der Waals surface area contributed by atoms with E-state index < -0.39 is 0 Å². The summed E-state index contributed by atoms with van der Waals surface area (Å²) >= 11 is 0. The molecule has 0 unspecified atom stereocenters. The van der Waals surface area contributed by atoms with Gasteiger partial charge in [-0.25, -0.2) is 0 Å². The van der Waals surface area contributed by atoms with Gasteiger partial charge < -0.3 is 9.64 Å². The van der Waals surface area contributed by atoms with Crippen LogP contribution in [0.3, 0.4) is 0 Å². The Balaban J connectivity index is 1.73. The Bertz CT molecular complexity index is 379. The highest BCUT2D eigenvalue weighted by Gasteiger charge is 2.15. The molecule has 0 spiro atoms. The normalized spacial score (nSPS) is 17.1. The van der Waals surface area contributed by atoms with E-state index in [1.165, 1.54) is 30.5 Å². The predicted octanol–water partition coefficient (Wildman–Crippen LogP) is 3.71. The third-order valence-electron chi connectivity index (χ3n) is 4.34. The van der Waals surface area contributed by atoms with Crippen molar-refractivity contribution in [1.29, 1.82) is 0 Å². The molecule has 0 atom stereocenters. The van der Waals surface area contributed by atoms with Crippen molar-refractivity contribution in [3.05, 3.63) is 35.4 Å². The van der Waals surface area contributed by atoms with Crippen molar-refractivity contribution in [2.45, 2.75) is 39.0 Å². The van der Waals surface area contributed by atoms with Crippen LogP contribution in [0.4, 0.5) is 0 Å². The van der Waals surface area contributed by atoms with Crippen LogP contribution >= 0.6 is 0 Å². The summed E-state index contributed by atoms with van der Waals surface area (Å²) in [5, 5.41) is 0. The van der Waals surface area contributed by atoms with Crippen LogP contribution in [0.2, 0.25) is 0 Å². The van der Waals surface area contributed by atoms with Gasteiger partial charge in [0.05, 0.1) is 0 Å². The molecule has 20 heavy (non-hydrogen) atoms. The monoisotopic (exact) mass is 275 g/mol. The minimum Gasteiger partial charge on any atom is -0.381 e. The molecule has 0 saturated carbocycles. The maximum atomic E-state index is 5.42. The number of likely N-dealkylation sites (N-methyl/N-ethyl adjacent to an activating group) is 1. The average Bonchev–Trinajstić information content (AvgIpc) is 2.46. The fraction of sp³-hybridized carbons (Fsp3) is 0.667. The van der Waals surface area contributed by atoms with E-state index in [1.54, 1.807) is 0 Å². The van der Waals surface area contributed by atoms with Crippen molar-refractivity contribution >= 4 is 0 Å². The number of ether oxygens (including phenoxy) is 1. The number of hydrogen-bond donors (Lipinski definition) is 0. The second-order valence-electron chi connectivity index (χ2n) is 6.46. The second-order valence-corrected chi connectivity index (χ2v) is 6.46. The fourth-order valence-electron chi connectivity index (χ4n) is 2.85. The van der Waals surface area contributed by atoms with Crippen LogP contribution in [0.25, 0.3) is 0 Å². The van der Waals surface area contributed by atoms with E-state index in [1.807, 2.05) is 0 Å². The van der Waals surface area contributed by atoms with Gasteiger partial charge in [0, 0.05) is 26.3 Å². The number of rotatable bonds is 6. The zero-order valence-corrected chi connectivity index (χ0v) is 13.3. The third-order valence-corrected chi connectivity index (χ3v) is 4.34. The van der Waals surface area contributed by atoms with Gasteiger partial charge in [0.15, 0.2) is 0 Å². The third kappa shape index (κ3) is 4.92. The molecule has 0 N–H and O–H groups in total. The molecule has 0 bridgehead atoms. The van der Waals surface area contributed by atoms with Crippen LogP contribution in [-0.2, 0) is 11.2 Å². The van der Waals surface area contributed by atoms with Crippen LogP contribution < -0.4 is 0 Å². The van der Waals surface area contributed by atoms with Gasteiger partial charge in [-0.3, -0.25) is 0 Å². The Morgan fingerprint density at radius 1 is 1.15 bits per heavy atom. The van der Waals surface area contributed by atoms with Crippen molar-refractivity contribution in [1.82, 2.24) is 4.90 Å². The summed E-state index contributed by atoms with van der Waals surface area (Å²) in [6.45, 7) is 8.77. The fourth-order valence-corrected chi connectivity index (χ4v) is 2.85. The molecule has 1 heterocycles. The zero-order chi connectivity index (χ0) is 14.4. The molecule has 1 aromatic carbocycles. The molecule has 0 radical (unpaired) electrons. The zero-order valence-electron chi connectivity index (χ0n) is 13.3. The second kappa shape index (κ2) is 7.80. The maximum absolute atomic E-state index is 5.42. The minimum atomic E-state index is 0.625. The molecule has 1 aliphatic heterocycles. The lowest BCUT2D eigenvalue weighted by Gasteiger charge is -2.27. The molecule has 0 aromatic heterocycles. The lowest BCUT2D eigenvalue weighted by molar-refractivity contribution is 0.0559. The van der Waals surface area contributed by atoms with Crippen molar-refractivity contribution in [2.75, 3.05) is 33.4 Å². The van der Waals surface area contributed by atoms with Gasteiger partial charge in [-0.2, -0.15) is 0 Å². The largest absolute Gasteiger partial charge is 0.381 e. The van der Waals surface area contributed by atoms with Crippen LogP contribution in [0.1, 0.15) is 43.7 Å². The smallest absolute Gasteiger partial charge is 0.0469 e. The SMILES string of the molecule is CC(C)c1ccc(CCN(C)CC2CCOCC2)cc1. The molecule has 1 saturated heterocycles. The van der Waals surface area contributed by atoms with E-state index in [2.05, 4.69) is 50.1 Å². The van der Waals surface area contributed by atoms with Crippen LogP contribution in [0.5, 0.6) is 0 Å². The predicted molar refractivity (Wildman–Crippen MR) is 85.3 cm³/mol. The first-order valence-electron chi connectivity index (χ1n) is 8.00. The molecule has 1 aliphatic rings. The highest BCUT2D eigenvalue weighted by Crippen LogP contribution is 2.17. The molecule has 1 fully saturated rings. The van der Waals surface area contributed by atoms with Crippen LogP contribution in [-0.4, -0.2) is 38.3 Å². The van der Waals surface area contributed by atoms with Crippen molar-refractivity contribution in [3.8, 4) is 0 Å². The highest BCUT2D eigenvalue weighted by molar-refractivity contribution is 5.24. The first kappa shape index (κ1) is 15.5. The van der Waals surface area contributed by atoms with Crippen molar-refractivity contribution in [2.24, 2.45) is 5.92 Å². The van der Waals surface area contributed by atoms with Crippen LogP contribution in [0, 0.1) is 5.92 Å². The lowest BCUT2D eigenvalue weighted by atomic mass is 9.99. The highest BCUT2D eigenvalue weighted by atomic mass is 16.5. The summed E-state index contributed by atoms with van der Waals surface area (Å²) < 4.78 is 5.42. The van der Waals surface area contributed by atoms with E-state index in [9.17, 15) is 0 Å². The number of nitrogens with zero attached hydrogens (tertiary/aromatic N) is 1. The van der Waals surface area contributed by atoms with E-state index in [-0.39, 0.29) is 0 Å². The number of hydrogen-bond acceptors (Lipinski definition) is 2. The van der Waals surface area contributed by atoms with Crippen molar-refractivity contribution < 1.29 is 4.74 Å². The summed E-state index contributed by atoms with van der Waals surface area (Å²) in [4.78, 5) is 2.48. The first-order chi connectivity index (χ1) is 9.65. The molecular formula is C18H29NO. The summed E-state index contributed by atoms with van der Waals surface area (Å²) in [5.41, 5.74) is 2.89.